The minimum Gasteiger partial charge on any atom is -0.456 e. The van der Waals surface area contributed by atoms with Gasteiger partial charge in [0.15, 0.2) is 11.7 Å². The number of thioether (sulfide) groups is 1. The van der Waals surface area contributed by atoms with Crippen LogP contribution in [0.4, 0.5) is 0 Å². The monoisotopic (exact) mass is 419 g/mol. The fourth-order valence-electron chi connectivity index (χ4n) is 3.97. The number of carbonyl (C=O) groups is 3. The van der Waals surface area contributed by atoms with Gasteiger partial charge < -0.3 is 9.64 Å². The molecule has 0 radical (unpaired) electrons. The van der Waals surface area contributed by atoms with Crippen LogP contribution in [0.15, 0.2) is 17.6 Å². The quantitative estimate of drug-likeness (QED) is 0.548. The number of carbonyl (C=O) groups excluding carboxylic acids is 3. The highest BCUT2D eigenvalue weighted by atomic mass is 32.2. The Bertz CT molecular complexity index is 953. The van der Waals surface area contributed by atoms with Crippen LogP contribution in [0.25, 0.3) is 5.13 Å². The summed E-state index contributed by atoms with van der Waals surface area (Å²) in [4.78, 5) is 43.0. The Labute approximate surface area is 171 Å². The molecule has 2 saturated heterocycles. The van der Waals surface area contributed by atoms with Crippen LogP contribution in [0.5, 0.6) is 0 Å². The zero-order valence-corrected chi connectivity index (χ0v) is 17.6. The number of amides is 1. The first-order chi connectivity index (χ1) is 13.3. The van der Waals surface area contributed by atoms with E-state index in [0.717, 1.165) is 22.9 Å². The number of ether oxygens (including phenoxy) is 1. The molecule has 2 aromatic heterocycles. The van der Waals surface area contributed by atoms with E-state index in [1.165, 1.54) is 11.3 Å². The van der Waals surface area contributed by atoms with Crippen LogP contribution < -0.4 is 0 Å². The van der Waals surface area contributed by atoms with Crippen LogP contribution in [-0.4, -0.2) is 55.4 Å². The van der Waals surface area contributed by atoms with E-state index >= 15 is 0 Å². The summed E-state index contributed by atoms with van der Waals surface area (Å²) < 4.78 is 7.24. The van der Waals surface area contributed by atoms with E-state index in [1.54, 1.807) is 28.9 Å². The van der Waals surface area contributed by atoms with E-state index in [9.17, 15) is 14.4 Å². The summed E-state index contributed by atoms with van der Waals surface area (Å²) in [5, 5.41) is 2.67. The van der Waals surface area contributed by atoms with Crippen LogP contribution in [0.2, 0.25) is 0 Å². The van der Waals surface area contributed by atoms with E-state index in [4.69, 9.17) is 4.74 Å². The molecule has 4 rings (SSSR count). The van der Waals surface area contributed by atoms with Gasteiger partial charge >= 0.3 is 5.97 Å². The van der Waals surface area contributed by atoms with Gasteiger partial charge in [-0.25, -0.2) is 9.78 Å². The molecule has 7 nitrogen and oxygen atoms in total. The summed E-state index contributed by atoms with van der Waals surface area (Å²) in [7, 11) is 0. The van der Waals surface area contributed by atoms with Crippen molar-refractivity contribution >= 4 is 40.8 Å². The van der Waals surface area contributed by atoms with Gasteiger partial charge in [0, 0.05) is 40.7 Å². The van der Waals surface area contributed by atoms with E-state index in [2.05, 4.69) is 4.98 Å². The lowest BCUT2D eigenvalue weighted by atomic mass is 10.1. The molecule has 28 heavy (non-hydrogen) atoms. The van der Waals surface area contributed by atoms with Gasteiger partial charge in [-0.1, -0.05) is 0 Å². The molecular weight excluding hydrogens is 398 g/mol. The molecule has 4 heterocycles. The molecule has 2 aromatic rings. The molecule has 0 unspecified atom stereocenters. The van der Waals surface area contributed by atoms with Crippen molar-refractivity contribution in [3.05, 3.63) is 34.6 Å². The number of thiazole rings is 1. The van der Waals surface area contributed by atoms with Gasteiger partial charge in [0.2, 0.25) is 11.7 Å². The van der Waals surface area contributed by atoms with Crippen molar-refractivity contribution in [2.45, 2.75) is 44.5 Å². The first-order valence-electron chi connectivity index (χ1n) is 9.06. The predicted molar refractivity (Wildman–Crippen MR) is 107 cm³/mol. The number of aryl methyl sites for hydroxylation is 1. The third kappa shape index (κ3) is 3.06. The zero-order valence-electron chi connectivity index (χ0n) is 15.9. The van der Waals surface area contributed by atoms with Crippen LogP contribution in [0.1, 0.15) is 41.5 Å². The molecule has 1 amide bonds. The average Bonchev–Trinajstić information content (AvgIpc) is 3.40. The fraction of sp³-hybridized carbons (Fsp3) is 0.474. The molecule has 148 valence electrons. The first-order valence-corrected chi connectivity index (χ1v) is 10.9. The van der Waals surface area contributed by atoms with Crippen molar-refractivity contribution in [3.63, 3.8) is 0 Å². The Morgan fingerprint density at radius 2 is 2.18 bits per heavy atom. The normalized spacial score (nSPS) is 23.9. The minimum atomic E-state index is -0.611. The number of hydrogen-bond acceptors (Lipinski definition) is 7. The third-order valence-corrected chi connectivity index (χ3v) is 7.67. The second-order valence-corrected chi connectivity index (χ2v) is 9.61. The molecule has 2 aliphatic rings. The highest BCUT2D eigenvalue weighted by Gasteiger charge is 2.53. The number of ketones is 1. The highest BCUT2D eigenvalue weighted by Crippen LogP contribution is 2.47. The Morgan fingerprint density at radius 1 is 1.39 bits per heavy atom. The van der Waals surface area contributed by atoms with Gasteiger partial charge in [0.05, 0.1) is 4.87 Å². The van der Waals surface area contributed by atoms with E-state index in [0.29, 0.717) is 17.7 Å². The maximum absolute atomic E-state index is 12.7. The van der Waals surface area contributed by atoms with E-state index in [-0.39, 0.29) is 23.2 Å². The Balaban J connectivity index is 1.45. The lowest BCUT2D eigenvalue weighted by Gasteiger charge is -2.29. The van der Waals surface area contributed by atoms with Crippen LogP contribution in [-0.2, 0) is 14.3 Å². The van der Waals surface area contributed by atoms with Gasteiger partial charge in [0.25, 0.3) is 0 Å². The second kappa shape index (κ2) is 7.04. The summed E-state index contributed by atoms with van der Waals surface area (Å²) >= 11 is 3.09. The zero-order chi connectivity index (χ0) is 20.1. The van der Waals surface area contributed by atoms with Gasteiger partial charge in [-0.05, 0) is 33.3 Å². The van der Waals surface area contributed by atoms with Gasteiger partial charge in [-0.2, -0.15) is 0 Å². The molecule has 9 heteroatoms. The number of hydrogen-bond donors (Lipinski definition) is 0. The second-order valence-electron chi connectivity index (χ2n) is 7.23. The maximum Gasteiger partial charge on any atom is 0.330 e. The van der Waals surface area contributed by atoms with Crippen LogP contribution in [0.3, 0.4) is 0 Å². The summed E-state index contributed by atoms with van der Waals surface area (Å²) in [6.45, 7) is 5.41. The molecule has 0 bridgehead atoms. The molecule has 0 N–H and O–H groups in total. The highest BCUT2D eigenvalue weighted by molar-refractivity contribution is 8.01. The molecule has 2 fully saturated rings. The summed E-state index contributed by atoms with van der Waals surface area (Å²) in [6.07, 6.45) is 2.91. The topological polar surface area (TPSA) is 81.5 Å². The SMILES string of the molecule is Cc1cc(C(=O)COC(=O)[C@H]2CS[C@]3(C)CCC(=O)N23)c(C)n1-c1nccs1. The fourth-order valence-corrected chi connectivity index (χ4v) is 6.14. The lowest BCUT2D eigenvalue weighted by molar-refractivity contribution is -0.152. The third-order valence-electron chi connectivity index (χ3n) is 5.40. The number of fused-ring (bicyclic) bond motifs is 1. The molecular formula is C19H21N3O4S2. The van der Waals surface area contributed by atoms with Crippen molar-refractivity contribution in [2.24, 2.45) is 0 Å². The smallest absolute Gasteiger partial charge is 0.330 e. The number of rotatable bonds is 5. The van der Waals surface area contributed by atoms with Crippen molar-refractivity contribution < 1.29 is 19.1 Å². The summed E-state index contributed by atoms with van der Waals surface area (Å²) in [6, 6.07) is 1.18. The average molecular weight is 420 g/mol. The minimum absolute atomic E-state index is 0.0206. The number of nitrogens with zero attached hydrogens (tertiary/aromatic N) is 3. The molecule has 0 aliphatic carbocycles. The number of Topliss-reactive ketones (excluding diaryl/α,β-unsaturated/α-hetero) is 1. The maximum atomic E-state index is 12.7. The Morgan fingerprint density at radius 3 is 2.89 bits per heavy atom. The van der Waals surface area contributed by atoms with Crippen LogP contribution >= 0.6 is 23.1 Å². The molecule has 2 atom stereocenters. The predicted octanol–water partition coefficient (Wildman–Crippen LogP) is 2.73. The molecule has 0 aromatic carbocycles. The lowest BCUT2D eigenvalue weighted by Crippen LogP contribution is -2.46. The number of esters is 1. The van der Waals surface area contributed by atoms with Crippen molar-refractivity contribution in [3.8, 4) is 5.13 Å². The molecule has 2 aliphatic heterocycles. The standard InChI is InChI=1S/C19H21N3O4S2/c1-11-8-13(12(2)21(11)18-20-6-7-27-18)15(23)9-26-17(25)14-10-28-19(3)5-4-16(24)22(14)19/h6-8,14H,4-5,9-10H2,1-3H3/t14-,19-/m1/s1. The van der Waals surface area contributed by atoms with Crippen molar-refractivity contribution in [1.29, 1.82) is 0 Å². The summed E-state index contributed by atoms with van der Waals surface area (Å²) in [5.41, 5.74) is 2.18. The van der Waals surface area contributed by atoms with E-state index in [1.807, 2.05) is 30.7 Å². The Hall–Kier alpha value is -2.13. The molecule has 0 spiro atoms. The van der Waals surface area contributed by atoms with Gasteiger partial charge in [-0.3, -0.25) is 14.2 Å². The molecule has 0 saturated carbocycles. The Kier molecular flexibility index (Phi) is 4.83. The first kappa shape index (κ1) is 19.2. The van der Waals surface area contributed by atoms with Crippen molar-refractivity contribution in [1.82, 2.24) is 14.5 Å². The van der Waals surface area contributed by atoms with Gasteiger partial charge in [0.1, 0.15) is 6.04 Å². The summed E-state index contributed by atoms with van der Waals surface area (Å²) in [5.74, 6) is -0.278. The van der Waals surface area contributed by atoms with Gasteiger partial charge in [-0.15, -0.1) is 23.1 Å². The van der Waals surface area contributed by atoms with Crippen LogP contribution in [0, 0.1) is 13.8 Å². The van der Waals surface area contributed by atoms with E-state index < -0.39 is 12.0 Å². The number of aromatic nitrogens is 2. The largest absolute Gasteiger partial charge is 0.456 e. The van der Waals surface area contributed by atoms with Crippen molar-refractivity contribution in [2.75, 3.05) is 12.4 Å².